The van der Waals surface area contributed by atoms with E-state index in [1.807, 2.05) is 0 Å². The summed E-state index contributed by atoms with van der Waals surface area (Å²) in [6, 6.07) is 9.96. The van der Waals surface area contributed by atoms with Crippen LogP contribution in [-0.4, -0.2) is 13.1 Å². The molecule has 3 aliphatic carbocycles. The van der Waals surface area contributed by atoms with Crippen LogP contribution in [0.25, 0.3) is 0 Å². The van der Waals surface area contributed by atoms with E-state index in [9.17, 15) is 0 Å². The molecule has 4 rings (SSSR count). The highest BCUT2D eigenvalue weighted by Gasteiger charge is 2.55. The van der Waals surface area contributed by atoms with Crippen molar-refractivity contribution in [1.29, 1.82) is 0 Å². The summed E-state index contributed by atoms with van der Waals surface area (Å²) in [7, 11) is 2.19. The Hall–Kier alpha value is -0.820. The van der Waals surface area contributed by atoms with Crippen LogP contribution in [0.3, 0.4) is 0 Å². The van der Waals surface area contributed by atoms with Crippen molar-refractivity contribution in [2.75, 3.05) is 7.05 Å². The summed E-state index contributed by atoms with van der Waals surface area (Å²) in [4.78, 5) is 0. The fourth-order valence-electron chi connectivity index (χ4n) is 5.24. The number of hydrogen-bond donors (Lipinski definition) is 1. The van der Waals surface area contributed by atoms with Crippen molar-refractivity contribution in [1.82, 2.24) is 5.32 Å². The zero-order valence-electron chi connectivity index (χ0n) is 12.6. The molecule has 0 spiro atoms. The first kappa shape index (κ1) is 12.9. The van der Waals surface area contributed by atoms with E-state index in [4.69, 9.17) is 0 Å². The Morgan fingerprint density at radius 1 is 1.15 bits per heavy atom. The Balaban J connectivity index is 1.50. The Kier molecular flexibility index (Phi) is 3.34. The van der Waals surface area contributed by atoms with Crippen molar-refractivity contribution >= 4 is 0 Å². The molecule has 0 bridgehead atoms. The van der Waals surface area contributed by atoms with Gasteiger partial charge in [-0.25, -0.2) is 0 Å². The summed E-state index contributed by atoms with van der Waals surface area (Å²) in [5.41, 5.74) is 3.31. The SMILES string of the molecule is CNC(CC1CCCC1)C1C2CCc3ccccc3C21. The minimum Gasteiger partial charge on any atom is -0.317 e. The van der Waals surface area contributed by atoms with Crippen molar-refractivity contribution in [3.05, 3.63) is 35.4 Å². The smallest absolute Gasteiger partial charge is 0.0104 e. The highest BCUT2D eigenvalue weighted by molar-refractivity contribution is 5.40. The third kappa shape index (κ3) is 2.11. The van der Waals surface area contributed by atoms with Gasteiger partial charge in [-0.2, -0.15) is 0 Å². The molecule has 1 N–H and O–H groups in total. The number of rotatable bonds is 4. The largest absolute Gasteiger partial charge is 0.317 e. The number of aryl methyl sites for hydroxylation is 1. The average molecular weight is 269 g/mol. The summed E-state index contributed by atoms with van der Waals surface area (Å²) < 4.78 is 0. The number of nitrogens with one attached hydrogen (secondary N) is 1. The molecule has 2 fully saturated rings. The standard InChI is InChI=1S/C19H27N/c1-20-17(12-13-6-2-3-7-13)19-16-11-10-14-8-4-5-9-15(14)18(16)19/h4-5,8-9,13,16-20H,2-3,6-7,10-12H2,1H3. The summed E-state index contributed by atoms with van der Waals surface area (Å²) >= 11 is 0. The molecule has 4 atom stereocenters. The predicted molar refractivity (Wildman–Crippen MR) is 83.9 cm³/mol. The summed E-state index contributed by atoms with van der Waals surface area (Å²) in [5.74, 6) is 3.78. The average Bonchev–Trinajstić information content (AvgIpc) is 3.00. The molecule has 1 heteroatoms. The van der Waals surface area contributed by atoms with Gasteiger partial charge >= 0.3 is 0 Å². The van der Waals surface area contributed by atoms with Crippen molar-refractivity contribution in [2.24, 2.45) is 17.8 Å². The summed E-state index contributed by atoms with van der Waals surface area (Å²) in [6.45, 7) is 0. The maximum atomic E-state index is 3.68. The Bertz CT molecular complexity index is 474. The predicted octanol–water partition coefficient (Wildman–Crippen LogP) is 4.13. The maximum Gasteiger partial charge on any atom is 0.0104 e. The van der Waals surface area contributed by atoms with Gasteiger partial charge in [-0.3, -0.25) is 0 Å². The van der Waals surface area contributed by atoms with Crippen molar-refractivity contribution in [3.63, 3.8) is 0 Å². The third-order valence-electron chi connectivity index (χ3n) is 6.29. The molecule has 0 aliphatic heterocycles. The fourth-order valence-corrected chi connectivity index (χ4v) is 5.24. The van der Waals surface area contributed by atoms with Crippen LogP contribution >= 0.6 is 0 Å². The number of benzene rings is 1. The molecule has 3 aliphatic rings. The normalized spacial score (nSPS) is 33.5. The molecular formula is C19H27N. The molecule has 1 aromatic carbocycles. The lowest BCUT2D eigenvalue weighted by atomic mass is 9.91. The van der Waals surface area contributed by atoms with Crippen LogP contribution in [-0.2, 0) is 6.42 Å². The van der Waals surface area contributed by atoms with E-state index < -0.39 is 0 Å². The van der Waals surface area contributed by atoms with Crippen LogP contribution in [0.2, 0.25) is 0 Å². The van der Waals surface area contributed by atoms with Gasteiger partial charge < -0.3 is 5.32 Å². The van der Waals surface area contributed by atoms with E-state index in [1.165, 1.54) is 44.9 Å². The van der Waals surface area contributed by atoms with Crippen LogP contribution in [0.5, 0.6) is 0 Å². The summed E-state index contributed by atoms with van der Waals surface area (Å²) in [5, 5.41) is 3.68. The lowest BCUT2D eigenvalue weighted by molar-refractivity contribution is 0.360. The third-order valence-corrected chi connectivity index (χ3v) is 6.29. The van der Waals surface area contributed by atoms with Crippen LogP contribution in [0.15, 0.2) is 24.3 Å². The second kappa shape index (κ2) is 5.18. The maximum absolute atomic E-state index is 3.68. The number of hydrogen-bond acceptors (Lipinski definition) is 1. The van der Waals surface area contributed by atoms with E-state index >= 15 is 0 Å². The Morgan fingerprint density at radius 2 is 1.95 bits per heavy atom. The molecule has 0 heterocycles. The summed E-state index contributed by atoms with van der Waals surface area (Å²) in [6.07, 6.45) is 10.1. The van der Waals surface area contributed by atoms with Crippen molar-refractivity contribution in [3.8, 4) is 0 Å². The molecule has 1 aromatic rings. The van der Waals surface area contributed by atoms with Crippen LogP contribution in [0, 0.1) is 17.8 Å². The first-order valence-corrected chi connectivity index (χ1v) is 8.63. The second-order valence-electron chi connectivity index (χ2n) is 7.29. The van der Waals surface area contributed by atoms with E-state index in [0.29, 0.717) is 0 Å². The van der Waals surface area contributed by atoms with Gasteiger partial charge in [0.1, 0.15) is 0 Å². The van der Waals surface area contributed by atoms with Crippen LogP contribution in [0.4, 0.5) is 0 Å². The van der Waals surface area contributed by atoms with E-state index in [2.05, 4.69) is 36.6 Å². The minimum absolute atomic E-state index is 0.763. The van der Waals surface area contributed by atoms with Gasteiger partial charge in [0.2, 0.25) is 0 Å². The highest BCUT2D eigenvalue weighted by Crippen LogP contribution is 2.62. The van der Waals surface area contributed by atoms with Gasteiger partial charge in [0.15, 0.2) is 0 Å². The second-order valence-corrected chi connectivity index (χ2v) is 7.29. The zero-order valence-corrected chi connectivity index (χ0v) is 12.6. The molecule has 0 radical (unpaired) electrons. The first-order chi connectivity index (χ1) is 9.88. The van der Waals surface area contributed by atoms with Gasteiger partial charge in [-0.1, -0.05) is 49.9 Å². The Labute approximate surface area is 123 Å². The van der Waals surface area contributed by atoms with Gasteiger partial charge in [0.05, 0.1) is 0 Å². The van der Waals surface area contributed by atoms with E-state index in [1.54, 1.807) is 11.1 Å². The van der Waals surface area contributed by atoms with Crippen molar-refractivity contribution in [2.45, 2.75) is 56.9 Å². The van der Waals surface area contributed by atoms with Gasteiger partial charge in [0.25, 0.3) is 0 Å². The van der Waals surface area contributed by atoms with E-state index in [-0.39, 0.29) is 0 Å². The molecular weight excluding hydrogens is 242 g/mol. The zero-order chi connectivity index (χ0) is 13.5. The monoisotopic (exact) mass is 269 g/mol. The topological polar surface area (TPSA) is 12.0 Å². The van der Waals surface area contributed by atoms with Crippen LogP contribution < -0.4 is 5.32 Å². The quantitative estimate of drug-likeness (QED) is 0.866. The van der Waals surface area contributed by atoms with Crippen molar-refractivity contribution < 1.29 is 0 Å². The van der Waals surface area contributed by atoms with Gasteiger partial charge in [-0.05, 0) is 61.1 Å². The Morgan fingerprint density at radius 3 is 2.75 bits per heavy atom. The van der Waals surface area contributed by atoms with E-state index in [0.717, 1.165) is 29.7 Å². The van der Waals surface area contributed by atoms with Gasteiger partial charge in [0, 0.05) is 6.04 Å². The minimum atomic E-state index is 0.763. The molecule has 0 amide bonds. The molecule has 1 nitrogen and oxygen atoms in total. The number of fused-ring (bicyclic) bond motifs is 3. The van der Waals surface area contributed by atoms with Crippen LogP contribution in [0.1, 0.15) is 55.6 Å². The fraction of sp³-hybridized carbons (Fsp3) is 0.684. The lowest BCUT2D eigenvalue weighted by Gasteiger charge is -2.20. The lowest BCUT2D eigenvalue weighted by Crippen LogP contribution is -2.30. The molecule has 0 aromatic heterocycles. The molecule has 2 saturated carbocycles. The molecule has 0 saturated heterocycles. The van der Waals surface area contributed by atoms with Gasteiger partial charge in [-0.15, -0.1) is 0 Å². The highest BCUT2D eigenvalue weighted by atomic mass is 14.9. The first-order valence-electron chi connectivity index (χ1n) is 8.63. The molecule has 108 valence electrons. The molecule has 4 unspecified atom stereocenters. The molecule has 20 heavy (non-hydrogen) atoms.